The second-order valence-electron chi connectivity index (χ2n) is 11.2. The molecule has 0 saturated carbocycles. The molecule has 2 heterocycles. The van der Waals surface area contributed by atoms with Gasteiger partial charge in [0, 0.05) is 40.6 Å². The van der Waals surface area contributed by atoms with E-state index in [-0.39, 0.29) is 28.8 Å². The molecule has 1 atom stereocenters. The molecular formula is C36H32N6O6S2. The largest absolute Gasteiger partial charge is 0.337 e. The van der Waals surface area contributed by atoms with E-state index in [1.165, 1.54) is 54.3 Å². The Kier molecular flexibility index (Phi) is 11.4. The van der Waals surface area contributed by atoms with Gasteiger partial charge in [-0.25, -0.2) is 0 Å². The number of thioether (sulfide) groups is 1. The molecule has 1 unspecified atom stereocenters. The van der Waals surface area contributed by atoms with Gasteiger partial charge < -0.3 is 20.9 Å². The summed E-state index contributed by atoms with van der Waals surface area (Å²) < 4.78 is 0. The predicted octanol–water partition coefficient (Wildman–Crippen LogP) is 6.35. The lowest BCUT2D eigenvalue weighted by atomic mass is 10.0. The molecule has 0 aliphatic carbocycles. The minimum Gasteiger partial charge on any atom is -0.337 e. The highest BCUT2D eigenvalue weighted by molar-refractivity contribution is 8.00. The lowest BCUT2D eigenvalue weighted by Crippen LogP contribution is -2.33. The average molecular weight is 709 g/mol. The zero-order valence-electron chi connectivity index (χ0n) is 27.1. The molecule has 1 aliphatic rings. The van der Waals surface area contributed by atoms with Crippen LogP contribution in [0.3, 0.4) is 0 Å². The summed E-state index contributed by atoms with van der Waals surface area (Å²) in [5.74, 6) is -1.62. The van der Waals surface area contributed by atoms with E-state index in [4.69, 9.17) is 0 Å². The monoisotopic (exact) mass is 708 g/mol. The highest BCUT2D eigenvalue weighted by Crippen LogP contribution is 2.38. The van der Waals surface area contributed by atoms with Gasteiger partial charge in [-0.15, -0.1) is 23.1 Å². The van der Waals surface area contributed by atoms with Gasteiger partial charge in [0.1, 0.15) is 16.8 Å². The first kappa shape index (κ1) is 35.5. The second-order valence-corrected chi connectivity index (χ2v) is 13.6. The van der Waals surface area contributed by atoms with Gasteiger partial charge in [-0.05, 0) is 60.9 Å². The standard InChI is InChI=1S/C36H32N6O6S2/c1-3-31(35(46)40-36-28(20-37)27-16-17-41(22(2)43)21-32(27)50-36)49-26-14-9-13-25(19-26)38-34(45)29(39-33(44)23-10-5-4-6-11-23)18-24-12-7-8-15-30(24)42(47)48/h4-15,18-19,31H,3,16-17,21H2,1-2H3,(H,38,45)(H,39,44)(H,40,46)/b29-18+. The van der Waals surface area contributed by atoms with Crippen LogP contribution in [0, 0.1) is 21.4 Å². The molecule has 4 amide bonds. The van der Waals surface area contributed by atoms with Crippen molar-refractivity contribution in [3.05, 3.63) is 122 Å². The lowest BCUT2D eigenvalue weighted by Gasteiger charge is -2.25. The van der Waals surface area contributed by atoms with Gasteiger partial charge >= 0.3 is 0 Å². The van der Waals surface area contributed by atoms with E-state index in [0.29, 0.717) is 52.6 Å². The second kappa shape index (κ2) is 16.1. The first-order chi connectivity index (χ1) is 24.1. The molecule has 14 heteroatoms. The quantitative estimate of drug-likeness (QED) is 0.0699. The Morgan fingerprint density at radius 3 is 2.50 bits per heavy atom. The summed E-state index contributed by atoms with van der Waals surface area (Å²) in [7, 11) is 0. The molecule has 0 spiro atoms. The molecule has 3 N–H and O–H groups in total. The molecule has 254 valence electrons. The zero-order valence-corrected chi connectivity index (χ0v) is 28.7. The molecule has 5 rings (SSSR count). The highest BCUT2D eigenvalue weighted by atomic mass is 32.2. The number of carbonyl (C=O) groups is 4. The summed E-state index contributed by atoms with van der Waals surface area (Å²) in [5.41, 5.74) is 1.62. The van der Waals surface area contributed by atoms with Gasteiger partial charge in [0.2, 0.25) is 11.8 Å². The number of benzene rings is 3. The first-order valence-corrected chi connectivity index (χ1v) is 17.3. The topological polar surface area (TPSA) is 175 Å². The van der Waals surface area contributed by atoms with Crippen molar-refractivity contribution in [1.29, 1.82) is 5.26 Å². The van der Waals surface area contributed by atoms with Crippen molar-refractivity contribution >= 4 is 69.2 Å². The SMILES string of the molecule is CCC(Sc1cccc(NC(=O)/C(=C\c2ccccc2[N+](=O)[O-])NC(=O)c2ccccc2)c1)C(=O)Nc1sc2c(c1C#N)CCN(C(C)=O)C2. The van der Waals surface area contributed by atoms with E-state index in [1.807, 2.05) is 6.92 Å². The van der Waals surface area contributed by atoms with Crippen molar-refractivity contribution in [2.24, 2.45) is 0 Å². The van der Waals surface area contributed by atoms with Crippen LogP contribution in [0.2, 0.25) is 0 Å². The van der Waals surface area contributed by atoms with Crippen molar-refractivity contribution < 1.29 is 24.1 Å². The number of nitro groups is 1. The normalized spacial score (nSPS) is 13.0. The summed E-state index contributed by atoms with van der Waals surface area (Å²) in [4.78, 5) is 66.3. The fourth-order valence-electron chi connectivity index (χ4n) is 5.28. The van der Waals surface area contributed by atoms with E-state index in [9.17, 15) is 34.6 Å². The number of thiophene rings is 1. The van der Waals surface area contributed by atoms with Crippen LogP contribution in [-0.4, -0.2) is 45.2 Å². The number of anilines is 2. The van der Waals surface area contributed by atoms with Crippen molar-refractivity contribution in [3.8, 4) is 6.07 Å². The Balaban J connectivity index is 1.33. The fraction of sp³-hybridized carbons (Fsp3) is 0.194. The molecule has 0 radical (unpaired) electrons. The van der Waals surface area contributed by atoms with E-state index in [0.717, 1.165) is 10.4 Å². The molecule has 1 aliphatic heterocycles. The minimum absolute atomic E-state index is 0.0432. The van der Waals surface area contributed by atoms with Crippen LogP contribution in [0.1, 0.15) is 52.2 Å². The number of nitrogens with zero attached hydrogens (tertiary/aromatic N) is 3. The summed E-state index contributed by atoms with van der Waals surface area (Å²) in [6.45, 7) is 4.30. The van der Waals surface area contributed by atoms with Crippen LogP contribution >= 0.6 is 23.1 Å². The number of fused-ring (bicyclic) bond motifs is 1. The first-order valence-electron chi connectivity index (χ1n) is 15.6. The van der Waals surface area contributed by atoms with Crippen LogP contribution < -0.4 is 16.0 Å². The van der Waals surface area contributed by atoms with Crippen LogP contribution in [0.4, 0.5) is 16.4 Å². The average Bonchev–Trinajstić information content (AvgIpc) is 3.46. The van der Waals surface area contributed by atoms with Crippen molar-refractivity contribution in [3.63, 3.8) is 0 Å². The zero-order chi connectivity index (χ0) is 35.8. The van der Waals surface area contributed by atoms with Crippen molar-refractivity contribution in [2.75, 3.05) is 17.2 Å². The van der Waals surface area contributed by atoms with Gasteiger partial charge in [-0.1, -0.05) is 43.3 Å². The number of hydrogen-bond donors (Lipinski definition) is 3. The van der Waals surface area contributed by atoms with Gasteiger partial charge in [-0.2, -0.15) is 5.26 Å². The Hall–Kier alpha value is -5.78. The molecule has 12 nitrogen and oxygen atoms in total. The highest BCUT2D eigenvalue weighted by Gasteiger charge is 2.28. The van der Waals surface area contributed by atoms with Crippen LogP contribution in [0.25, 0.3) is 6.08 Å². The molecule has 1 aromatic heterocycles. The van der Waals surface area contributed by atoms with Gasteiger partial charge in [0.05, 0.1) is 27.8 Å². The Morgan fingerprint density at radius 2 is 1.80 bits per heavy atom. The van der Waals surface area contributed by atoms with Crippen LogP contribution in [0.5, 0.6) is 0 Å². The number of carbonyl (C=O) groups excluding carboxylic acids is 4. The number of nitrogens with one attached hydrogen (secondary N) is 3. The third-order valence-electron chi connectivity index (χ3n) is 7.85. The molecule has 3 aromatic carbocycles. The Labute approximate surface area is 296 Å². The van der Waals surface area contributed by atoms with Gasteiger partial charge in [0.25, 0.3) is 17.5 Å². The smallest absolute Gasteiger partial charge is 0.276 e. The number of nitro benzene ring substituents is 1. The molecule has 50 heavy (non-hydrogen) atoms. The summed E-state index contributed by atoms with van der Waals surface area (Å²) in [5, 5.41) is 29.7. The summed E-state index contributed by atoms with van der Waals surface area (Å²) in [6.07, 6.45) is 2.26. The van der Waals surface area contributed by atoms with E-state index in [2.05, 4.69) is 22.0 Å². The molecule has 4 aromatic rings. The number of para-hydroxylation sites is 1. The van der Waals surface area contributed by atoms with Gasteiger partial charge in [0.15, 0.2) is 0 Å². The Bertz CT molecular complexity index is 2040. The third-order valence-corrected chi connectivity index (χ3v) is 10.3. The maximum Gasteiger partial charge on any atom is 0.276 e. The minimum atomic E-state index is -0.714. The lowest BCUT2D eigenvalue weighted by molar-refractivity contribution is -0.385. The van der Waals surface area contributed by atoms with Crippen molar-refractivity contribution in [2.45, 2.75) is 43.4 Å². The van der Waals surface area contributed by atoms with Crippen molar-refractivity contribution in [1.82, 2.24) is 10.2 Å². The van der Waals surface area contributed by atoms with E-state index >= 15 is 0 Å². The number of amides is 4. The van der Waals surface area contributed by atoms with E-state index in [1.54, 1.807) is 65.6 Å². The predicted molar refractivity (Wildman–Crippen MR) is 192 cm³/mol. The van der Waals surface area contributed by atoms with E-state index < -0.39 is 22.0 Å². The molecular weight excluding hydrogens is 677 g/mol. The van der Waals surface area contributed by atoms with Crippen LogP contribution in [-0.2, 0) is 27.3 Å². The summed E-state index contributed by atoms with van der Waals surface area (Å²) >= 11 is 2.59. The maximum absolute atomic E-state index is 13.6. The molecule has 0 bridgehead atoms. The fourth-order valence-corrected chi connectivity index (χ4v) is 7.51. The van der Waals surface area contributed by atoms with Crippen LogP contribution in [0.15, 0.2) is 89.5 Å². The van der Waals surface area contributed by atoms with Gasteiger partial charge in [-0.3, -0.25) is 29.3 Å². The maximum atomic E-state index is 13.6. The number of nitriles is 1. The Morgan fingerprint density at radius 1 is 1.06 bits per heavy atom. The summed E-state index contributed by atoms with van der Waals surface area (Å²) in [6, 6.07) is 23.2. The number of rotatable bonds is 11. The molecule has 0 fully saturated rings. The third kappa shape index (κ3) is 8.43. The molecule has 0 saturated heterocycles. The number of hydrogen-bond acceptors (Lipinski definition) is 9.